The third-order valence-electron chi connectivity index (χ3n) is 4.10. The van der Waals surface area contributed by atoms with Crippen molar-refractivity contribution < 1.29 is 14.7 Å². The van der Waals surface area contributed by atoms with Crippen molar-refractivity contribution in [2.24, 2.45) is 5.41 Å². The summed E-state index contributed by atoms with van der Waals surface area (Å²) in [5, 5.41) is 12.1. The third kappa shape index (κ3) is 3.61. The van der Waals surface area contributed by atoms with Crippen LogP contribution in [0.3, 0.4) is 0 Å². The highest BCUT2D eigenvalue weighted by atomic mass is 16.4. The Morgan fingerprint density at radius 2 is 2.10 bits per heavy atom. The van der Waals surface area contributed by atoms with Gasteiger partial charge in [-0.1, -0.05) is 12.1 Å². The molecule has 0 radical (unpaired) electrons. The molecule has 2 N–H and O–H groups in total. The van der Waals surface area contributed by atoms with Gasteiger partial charge in [0, 0.05) is 12.2 Å². The number of rotatable bonds is 4. The molecule has 1 fully saturated rings. The third-order valence-corrected chi connectivity index (χ3v) is 4.10. The lowest BCUT2D eigenvalue weighted by atomic mass is 9.90. The molecule has 0 aliphatic carbocycles. The molecule has 1 amide bonds. The van der Waals surface area contributed by atoms with Gasteiger partial charge in [-0.3, -0.25) is 14.5 Å². The second kappa shape index (κ2) is 5.85. The van der Waals surface area contributed by atoms with Crippen LogP contribution in [0, 0.1) is 19.3 Å². The van der Waals surface area contributed by atoms with Crippen LogP contribution in [-0.2, 0) is 9.59 Å². The van der Waals surface area contributed by atoms with Crippen LogP contribution < -0.4 is 5.32 Å². The first-order chi connectivity index (χ1) is 9.80. The number of anilines is 1. The Bertz CT molecular complexity index is 571. The molecule has 1 saturated heterocycles. The van der Waals surface area contributed by atoms with Crippen LogP contribution in [0.1, 0.15) is 24.5 Å². The quantitative estimate of drug-likeness (QED) is 0.890. The average molecular weight is 290 g/mol. The Labute approximate surface area is 125 Å². The first-order valence-corrected chi connectivity index (χ1v) is 7.13. The number of likely N-dealkylation sites (tertiary alicyclic amines) is 1. The lowest BCUT2D eigenvalue weighted by Crippen LogP contribution is -2.35. The van der Waals surface area contributed by atoms with E-state index >= 15 is 0 Å². The van der Waals surface area contributed by atoms with E-state index in [4.69, 9.17) is 0 Å². The number of aryl methyl sites for hydroxylation is 2. The summed E-state index contributed by atoms with van der Waals surface area (Å²) in [6.07, 6.45) is 0.582. The fourth-order valence-corrected chi connectivity index (χ4v) is 2.63. The van der Waals surface area contributed by atoms with E-state index < -0.39 is 11.4 Å². The normalized spacial score (nSPS) is 22.2. The number of carboxylic acid groups (broad SMARTS) is 1. The summed E-state index contributed by atoms with van der Waals surface area (Å²) in [4.78, 5) is 25.2. The van der Waals surface area contributed by atoms with Crippen molar-refractivity contribution in [1.29, 1.82) is 0 Å². The summed E-state index contributed by atoms with van der Waals surface area (Å²) in [6, 6.07) is 5.92. The molecule has 2 rings (SSSR count). The van der Waals surface area contributed by atoms with E-state index in [9.17, 15) is 14.7 Å². The highest BCUT2D eigenvalue weighted by molar-refractivity contribution is 5.93. The van der Waals surface area contributed by atoms with E-state index in [1.165, 1.54) is 0 Å². The monoisotopic (exact) mass is 290 g/mol. The number of nitrogens with zero attached hydrogens (tertiary/aromatic N) is 1. The van der Waals surface area contributed by atoms with Crippen molar-refractivity contribution in [2.45, 2.75) is 27.2 Å². The first kappa shape index (κ1) is 15.5. The number of aliphatic carboxylic acids is 1. The van der Waals surface area contributed by atoms with Crippen molar-refractivity contribution in [2.75, 3.05) is 25.0 Å². The lowest BCUT2D eigenvalue weighted by molar-refractivity contribution is -0.147. The van der Waals surface area contributed by atoms with E-state index in [1.807, 2.05) is 36.9 Å². The number of hydrogen-bond acceptors (Lipinski definition) is 3. The molecule has 1 aromatic rings. The molecule has 21 heavy (non-hydrogen) atoms. The number of nitrogens with one attached hydrogen (secondary N) is 1. The van der Waals surface area contributed by atoms with Gasteiger partial charge in [0.25, 0.3) is 0 Å². The van der Waals surface area contributed by atoms with Gasteiger partial charge in [-0.25, -0.2) is 0 Å². The largest absolute Gasteiger partial charge is 0.481 e. The van der Waals surface area contributed by atoms with Crippen LogP contribution in [0.15, 0.2) is 18.2 Å². The lowest BCUT2D eigenvalue weighted by Gasteiger charge is -2.20. The maximum Gasteiger partial charge on any atom is 0.310 e. The Morgan fingerprint density at radius 1 is 1.38 bits per heavy atom. The van der Waals surface area contributed by atoms with Gasteiger partial charge < -0.3 is 10.4 Å². The summed E-state index contributed by atoms with van der Waals surface area (Å²) in [6.45, 7) is 6.96. The molecule has 1 atom stereocenters. The van der Waals surface area contributed by atoms with Gasteiger partial charge in [0.05, 0.1) is 12.0 Å². The minimum Gasteiger partial charge on any atom is -0.481 e. The molecule has 5 nitrogen and oxygen atoms in total. The summed E-state index contributed by atoms with van der Waals surface area (Å²) in [5.41, 5.74) is 2.20. The van der Waals surface area contributed by atoms with Crippen LogP contribution in [0.4, 0.5) is 5.69 Å². The van der Waals surface area contributed by atoms with E-state index in [0.29, 0.717) is 19.5 Å². The first-order valence-electron chi connectivity index (χ1n) is 7.13. The van der Waals surface area contributed by atoms with Gasteiger partial charge in [0.15, 0.2) is 0 Å². The Balaban J connectivity index is 1.94. The molecule has 0 bridgehead atoms. The molecular formula is C16H22N2O3. The van der Waals surface area contributed by atoms with Gasteiger partial charge in [0.2, 0.25) is 5.91 Å². The zero-order valence-corrected chi connectivity index (χ0v) is 12.8. The predicted octanol–water partition coefficient (Wildman–Crippen LogP) is 2.04. The standard InChI is InChI=1S/C16H22N2O3/c1-11-4-5-12(2)13(8-11)17-14(19)9-18-7-6-16(3,10-18)15(20)21/h4-5,8H,6-7,9-10H2,1-3H3,(H,17,19)(H,20,21). The number of amides is 1. The maximum absolute atomic E-state index is 12.1. The Morgan fingerprint density at radius 3 is 2.71 bits per heavy atom. The molecule has 1 aliphatic rings. The van der Waals surface area contributed by atoms with Crippen LogP contribution in [0.2, 0.25) is 0 Å². The number of carbonyl (C=O) groups excluding carboxylic acids is 1. The fraction of sp³-hybridized carbons (Fsp3) is 0.500. The topological polar surface area (TPSA) is 69.6 Å². The number of hydrogen-bond donors (Lipinski definition) is 2. The highest BCUT2D eigenvalue weighted by Gasteiger charge is 2.40. The highest BCUT2D eigenvalue weighted by Crippen LogP contribution is 2.29. The number of benzene rings is 1. The molecule has 1 aromatic carbocycles. The van der Waals surface area contributed by atoms with Crippen LogP contribution >= 0.6 is 0 Å². The zero-order chi connectivity index (χ0) is 15.6. The van der Waals surface area contributed by atoms with Gasteiger partial charge in [-0.2, -0.15) is 0 Å². The molecule has 114 valence electrons. The molecule has 1 heterocycles. The molecule has 1 unspecified atom stereocenters. The van der Waals surface area contributed by atoms with E-state index in [1.54, 1.807) is 6.92 Å². The zero-order valence-electron chi connectivity index (χ0n) is 12.8. The van der Waals surface area contributed by atoms with Crippen molar-refractivity contribution in [3.63, 3.8) is 0 Å². The second-order valence-corrected chi connectivity index (χ2v) is 6.19. The van der Waals surface area contributed by atoms with E-state index in [-0.39, 0.29) is 12.5 Å². The van der Waals surface area contributed by atoms with Crippen LogP contribution in [-0.4, -0.2) is 41.5 Å². The predicted molar refractivity (Wildman–Crippen MR) is 81.3 cm³/mol. The number of carboxylic acids is 1. The van der Waals surface area contributed by atoms with Crippen LogP contribution in [0.25, 0.3) is 0 Å². The molecule has 0 saturated carbocycles. The van der Waals surface area contributed by atoms with Crippen molar-refractivity contribution in [1.82, 2.24) is 4.90 Å². The van der Waals surface area contributed by atoms with Crippen molar-refractivity contribution >= 4 is 17.6 Å². The Hall–Kier alpha value is -1.88. The van der Waals surface area contributed by atoms with E-state index in [0.717, 1.165) is 16.8 Å². The van der Waals surface area contributed by atoms with Crippen LogP contribution in [0.5, 0.6) is 0 Å². The summed E-state index contributed by atoms with van der Waals surface area (Å²) in [7, 11) is 0. The molecule has 5 heteroatoms. The van der Waals surface area contributed by atoms with Gasteiger partial charge in [-0.15, -0.1) is 0 Å². The second-order valence-electron chi connectivity index (χ2n) is 6.19. The molecule has 0 spiro atoms. The maximum atomic E-state index is 12.1. The van der Waals surface area contributed by atoms with E-state index in [2.05, 4.69) is 5.32 Å². The molecule has 1 aliphatic heterocycles. The smallest absolute Gasteiger partial charge is 0.310 e. The SMILES string of the molecule is Cc1ccc(C)c(NC(=O)CN2CCC(C)(C(=O)O)C2)c1. The summed E-state index contributed by atoms with van der Waals surface area (Å²) in [5.74, 6) is -0.890. The minimum atomic E-state index is -0.792. The molecule has 0 aromatic heterocycles. The summed E-state index contributed by atoms with van der Waals surface area (Å²) < 4.78 is 0. The van der Waals surface area contributed by atoms with Gasteiger partial charge in [0.1, 0.15) is 0 Å². The number of carbonyl (C=O) groups is 2. The van der Waals surface area contributed by atoms with Crippen molar-refractivity contribution in [3.8, 4) is 0 Å². The minimum absolute atomic E-state index is 0.0988. The van der Waals surface area contributed by atoms with Gasteiger partial charge in [-0.05, 0) is 50.9 Å². The average Bonchev–Trinajstić information content (AvgIpc) is 2.77. The molecular weight excluding hydrogens is 268 g/mol. The van der Waals surface area contributed by atoms with Crippen molar-refractivity contribution in [3.05, 3.63) is 29.3 Å². The summed E-state index contributed by atoms with van der Waals surface area (Å²) >= 11 is 0. The van der Waals surface area contributed by atoms with Gasteiger partial charge >= 0.3 is 5.97 Å². The fourth-order valence-electron chi connectivity index (χ4n) is 2.63. The Kier molecular flexibility index (Phi) is 4.32.